The van der Waals surface area contributed by atoms with Gasteiger partial charge in [-0.15, -0.1) is 0 Å². The second-order valence-electron chi connectivity index (χ2n) is 9.74. The van der Waals surface area contributed by atoms with Crippen LogP contribution in [-0.4, -0.2) is 85.6 Å². The highest BCUT2D eigenvalue weighted by molar-refractivity contribution is 6.42. The molecule has 4 N–H and O–H groups in total. The molecule has 11 nitrogen and oxygen atoms in total. The Morgan fingerprint density at radius 2 is 1.64 bits per heavy atom. The monoisotopic (exact) mass is 674 g/mol. The molecule has 44 heavy (non-hydrogen) atoms. The van der Waals surface area contributed by atoms with Crippen molar-refractivity contribution in [3.05, 3.63) is 39.9 Å². The molecular formula is C25H26Cl2F6N6O5. The van der Waals surface area contributed by atoms with Crippen molar-refractivity contribution < 1.29 is 50.9 Å². The van der Waals surface area contributed by atoms with E-state index in [9.17, 15) is 26.3 Å². The second kappa shape index (κ2) is 14.0. The molecule has 1 atom stereocenters. The van der Waals surface area contributed by atoms with E-state index >= 15 is 0 Å². The average molecular weight is 675 g/mol. The molecule has 0 radical (unpaired) electrons. The van der Waals surface area contributed by atoms with Crippen LogP contribution in [0.25, 0.3) is 11.2 Å². The number of carboxylic acids is 2. The fourth-order valence-corrected chi connectivity index (χ4v) is 4.98. The number of aromatic nitrogens is 4. The van der Waals surface area contributed by atoms with E-state index in [-0.39, 0.29) is 6.04 Å². The van der Waals surface area contributed by atoms with Gasteiger partial charge in [0.25, 0.3) is 0 Å². The van der Waals surface area contributed by atoms with Crippen LogP contribution >= 0.6 is 23.2 Å². The predicted octanol–water partition coefficient (Wildman–Crippen LogP) is 6.06. The average Bonchev–Trinajstić information content (AvgIpc) is 3.36. The maximum Gasteiger partial charge on any atom is 0.490 e. The number of nitrogens with one attached hydrogen (secondary N) is 2. The summed E-state index contributed by atoms with van der Waals surface area (Å²) in [6.45, 7) is 4.06. The van der Waals surface area contributed by atoms with Crippen LogP contribution in [0.2, 0.25) is 10.0 Å². The van der Waals surface area contributed by atoms with Crippen molar-refractivity contribution in [1.29, 1.82) is 0 Å². The number of carbonyl (C=O) groups is 2. The summed E-state index contributed by atoms with van der Waals surface area (Å²) in [5.74, 6) is -3.70. The molecule has 3 heterocycles. The minimum Gasteiger partial charge on any atom is -0.496 e. The van der Waals surface area contributed by atoms with E-state index in [1.807, 2.05) is 6.07 Å². The summed E-state index contributed by atoms with van der Waals surface area (Å²) in [6, 6.07) is 2.51. The Balaban J connectivity index is 0.000000317. The highest BCUT2D eigenvalue weighted by Gasteiger charge is 2.40. The van der Waals surface area contributed by atoms with E-state index < -0.39 is 24.3 Å². The first-order valence-electron chi connectivity index (χ1n) is 12.8. The number of alkyl halides is 6. The zero-order valence-electron chi connectivity index (χ0n) is 22.9. The number of aromatic amines is 1. The summed E-state index contributed by atoms with van der Waals surface area (Å²) in [4.78, 5) is 36.2. The number of likely N-dealkylation sites (tertiary alicyclic amines) is 1. The lowest BCUT2D eigenvalue weighted by molar-refractivity contribution is -0.193. The van der Waals surface area contributed by atoms with Crippen molar-refractivity contribution in [2.45, 2.75) is 56.5 Å². The summed E-state index contributed by atoms with van der Waals surface area (Å²) in [7, 11) is 1.69. The van der Waals surface area contributed by atoms with Gasteiger partial charge in [-0.2, -0.15) is 26.3 Å². The van der Waals surface area contributed by atoms with Crippen LogP contribution in [0.15, 0.2) is 18.7 Å². The highest BCUT2D eigenvalue weighted by Crippen LogP contribution is 2.47. The summed E-state index contributed by atoms with van der Waals surface area (Å²) in [6.07, 6.45) is -3.11. The zero-order chi connectivity index (χ0) is 33.0. The molecular weight excluding hydrogens is 649 g/mol. The van der Waals surface area contributed by atoms with E-state index in [0.29, 0.717) is 27.4 Å². The standard InChI is InChI=1S/C21H24Cl2N6O.2C2HF3O2/c1-11(28-21-18-20(25-9-24-18)26-10-27-21)14-6-15(22)17(23)16(19(14)30-2)12-7-29(8-12)13-4-3-5-13;2*3-2(4,5)1(6)7/h6,9-13H,3-5,7-8H2,1-2H3,(H2,24,25,26,27,28);2*(H,6,7). The molecule has 0 amide bonds. The summed E-state index contributed by atoms with van der Waals surface area (Å²) in [5.41, 5.74) is 3.35. The van der Waals surface area contributed by atoms with Gasteiger partial charge in [0, 0.05) is 36.2 Å². The highest BCUT2D eigenvalue weighted by atomic mass is 35.5. The van der Waals surface area contributed by atoms with Gasteiger partial charge in [-0.1, -0.05) is 29.6 Å². The second-order valence-corrected chi connectivity index (χ2v) is 10.5. The number of hydrogen-bond acceptors (Lipinski definition) is 8. The Bertz CT molecular complexity index is 1450. The first-order valence-corrected chi connectivity index (χ1v) is 13.5. The van der Waals surface area contributed by atoms with Gasteiger partial charge in [-0.3, -0.25) is 4.90 Å². The number of fused-ring (bicyclic) bond motifs is 1. The van der Waals surface area contributed by atoms with Crippen LogP contribution in [0.4, 0.5) is 32.2 Å². The van der Waals surface area contributed by atoms with Gasteiger partial charge in [0.05, 0.1) is 29.5 Å². The lowest BCUT2D eigenvalue weighted by atomic mass is 9.82. The Morgan fingerprint density at radius 1 is 1.07 bits per heavy atom. The lowest BCUT2D eigenvalue weighted by Crippen LogP contribution is -2.53. The predicted molar refractivity (Wildman–Crippen MR) is 146 cm³/mol. The number of halogens is 8. The van der Waals surface area contributed by atoms with E-state index in [4.69, 9.17) is 47.7 Å². The van der Waals surface area contributed by atoms with Crippen molar-refractivity contribution in [3.63, 3.8) is 0 Å². The molecule has 1 saturated carbocycles. The lowest BCUT2D eigenvalue weighted by Gasteiger charge is -2.48. The maximum absolute atomic E-state index is 10.6. The Hall–Kier alpha value is -3.57. The van der Waals surface area contributed by atoms with Crippen LogP contribution in [0, 0.1) is 0 Å². The Kier molecular flexibility index (Phi) is 11.1. The van der Waals surface area contributed by atoms with Crippen LogP contribution < -0.4 is 10.1 Å². The fourth-order valence-electron chi connectivity index (χ4n) is 4.47. The minimum absolute atomic E-state index is 0.113. The van der Waals surface area contributed by atoms with Gasteiger partial charge >= 0.3 is 24.3 Å². The number of hydrogen-bond donors (Lipinski definition) is 4. The first-order chi connectivity index (χ1) is 20.4. The number of methoxy groups -OCH3 is 1. The van der Waals surface area contributed by atoms with Crippen molar-refractivity contribution in [3.8, 4) is 5.75 Å². The van der Waals surface area contributed by atoms with Crippen molar-refractivity contribution >= 4 is 52.1 Å². The molecule has 0 bridgehead atoms. The molecule has 2 aliphatic rings. The molecule has 3 aromatic rings. The summed E-state index contributed by atoms with van der Waals surface area (Å²) >= 11 is 13.2. The van der Waals surface area contributed by atoms with Gasteiger partial charge < -0.3 is 25.3 Å². The van der Waals surface area contributed by atoms with E-state index in [0.717, 1.165) is 41.5 Å². The van der Waals surface area contributed by atoms with Crippen LogP contribution in [0.5, 0.6) is 5.75 Å². The van der Waals surface area contributed by atoms with Crippen LogP contribution in [0.3, 0.4) is 0 Å². The van der Waals surface area contributed by atoms with Crippen molar-refractivity contribution in [1.82, 2.24) is 24.8 Å². The summed E-state index contributed by atoms with van der Waals surface area (Å²) < 4.78 is 69.4. The Labute approximate surface area is 255 Å². The number of ether oxygens (including phenoxy) is 1. The molecule has 5 rings (SSSR count). The largest absolute Gasteiger partial charge is 0.496 e. The molecule has 1 aromatic carbocycles. The molecule has 242 valence electrons. The van der Waals surface area contributed by atoms with E-state index in [2.05, 4.69) is 37.1 Å². The molecule has 1 aliphatic carbocycles. The van der Waals surface area contributed by atoms with Crippen molar-refractivity contribution in [2.75, 3.05) is 25.5 Å². The summed E-state index contributed by atoms with van der Waals surface area (Å²) in [5, 5.41) is 18.8. The fraction of sp³-hybridized carbons (Fsp3) is 0.480. The smallest absolute Gasteiger partial charge is 0.490 e. The van der Waals surface area contributed by atoms with Gasteiger partial charge in [0.1, 0.15) is 17.6 Å². The number of benzene rings is 1. The van der Waals surface area contributed by atoms with Gasteiger partial charge in [-0.25, -0.2) is 24.5 Å². The maximum atomic E-state index is 10.6. The quantitative estimate of drug-likeness (QED) is 0.227. The molecule has 2 fully saturated rings. The number of anilines is 1. The number of aliphatic carboxylic acids is 2. The van der Waals surface area contributed by atoms with E-state index in [1.54, 1.807) is 13.4 Å². The zero-order valence-corrected chi connectivity index (χ0v) is 24.4. The third kappa shape index (κ3) is 8.32. The van der Waals surface area contributed by atoms with Crippen molar-refractivity contribution in [2.24, 2.45) is 0 Å². The van der Waals surface area contributed by atoms with Crippen LogP contribution in [0.1, 0.15) is 49.3 Å². The van der Waals surface area contributed by atoms with Gasteiger partial charge in [-0.05, 0) is 25.8 Å². The number of H-pyrrole nitrogens is 1. The number of carboxylic acid groups (broad SMARTS) is 2. The molecule has 0 spiro atoms. The van der Waals surface area contributed by atoms with E-state index in [1.165, 1.54) is 25.6 Å². The number of nitrogens with zero attached hydrogens (tertiary/aromatic N) is 4. The van der Waals surface area contributed by atoms with Gasteiger partial charge in [0.2, 0.25) is 0 Å². The van der Waals surface area contributed by atoms with Crippen LogP contribution in [-0.2, 0) is 9.59 Å². The molecule has 1 saturated heterocycles. The molecule has 1 unspecified atom stereocenters. The number of imidazole rings is 1. The topological polar surface area (TPSA) is 154 Å². The SMILES string of the molecule is COc1c(C(C)Nc2ncnc3nc[nH]c23)cc(Cl)c(Cl)c1C1CN(C2CCC2)C1.O=C(O)C(F)(F)F.O=C(O)C(F)(F)F. The minimum atomic E-state index is -5.08. The molecule has 2 aromatic heterocycles. The molecule has 19 heteroatoms. The Morgan fingerprint density at radius 3 is 2.11 bits per heavy atom. The third-order valence-electron chi connectivity index (χ3n) is 6.88. The normalized spacial score (nSPS) is 16.4. The first kappa shape index (κ1) is 34.9. The molecule has 1 aliphatic heterocycles. The van der Waals surface area contributed by atoms with Gasteiger partial charge in [0.15, 0.2) is 11.5 Å². The third-order valence-corrected chi connectivity index (χ3v) is 7.68. The number of rotatable bonds is 6.